The summed E-state index contributed by atoms with van der Waals surface area (Å²) < 4.78 is 1.07. The Balaban J connectivity index is 2.34. The molecule has 0 aliphatic heterocycles. The van der Waals surface area contributed by atoms with E-state index >= 15 is 0 Å². The smallest absolute Gasteiger partial charge is 0.237 e. The van der Waals surface area contributed by atoms with Crippen molar-refractivity contribution >= 4 is 33.2 Å². The van der Waals surface area contributed by atoms with Gasteiger partial charge in [0.2, 0.25) is 5.91 Å². The molecule has 0 radical (unpaired) electrons. The first kappa shape index (κ1) is 12.7. The van der Waals surface area contributed by atoms with Gasteiger partial charge in [-0.1, -0.05) is 13.3 Å². The molecule has 1 heterocycles. The van der Waals surface area contributed by atoms with E-state index < -0.39 is 0 Å². The number of hydrogen-bond acceptors (Lipinski definition) is 3. The lowest BCUT2D eigenvalue weighted by Gasteiger charge is -2.09. The van der Waals surface area contributed by atoms with Gasteiger partial charge in [0, 0.05) is 4.88 Å². The van der Waals surface area contributed by atoms with E-state index in [1.54, 1.807) is 11.3 Å². The van der Waals surface area contributed by atoms with Crippen molar-refractivity contribution in [1.82, 2.24) is 5.32 Å². The molecule has 0 spiro atoms. The minimum absolute atomic E-state index is 0.0682. The summed E-state index contributed by atoms with van der Waals surface area (Å²) in [4.78, 5) is 12.6. The Morgan fingerprint density at radius 2 is 2.40 bits per heavy atom. The van der Waals surface area contributed by atoms with Crippen molar-refractivity contribution in [2.24, 2.45) is 5.73 Å². The lowest BCUT2D eigenvalue weighted by Crippen LogP contribution is -2.39. The summed E-state index contributed by atoms with van der Waals surface area (Å²) in [5.41, 5.74) is 5.68. The first-order valence-corrected chi connectivity index (χ1v) is 6.52. The van der Waals surface area contributed by atoms with Crippen molar-refractivity contribution in [3.8, 4) is 0 Å². The summed E-state index contributed by atoms with van der Waals surface area (Å²) in [7, 11) is 0. The molecular formula is C10H15BrN2OS. The number of nitrogens with two attached hydrogens (primary N) is 1. The van der Waals surface area contributed by atoms with Crippen molar-refractivity contribution < 1.29 is 4.79 Å². The molecule has 0 saturated carbocycles. The maximum absolute atomic E-state index is 11.5. The number of rotatable bonds is 5. The van der Waals surface area contributed by atoms with Crippen molar-refractivity contribution in [3.05, 3.63) is 20.8 Å². The number of carbonyl (C=O) groups excluding carboxylic acids is 1. The molecule has 0 bridgehead atoms. The summed E-state index contributed by atoms with van der Waals surface area (Å²) in [6, 6.07) is 3.58. The highest BCUT2D eigenvalue weighted by Crippen LogP contribution is 2.21. The molecule has 1 amide bonds. The lowest BCUT2D eigenvalue weighted by molar-refractivity contribution is -0.122. The average molecular weight is 291 g/mol. The molecule has 1 aromatic rings. The van der Waals surface area contributed by atoms with E-state index in [-0.39, 0.29) is 11.9 Å². The molecule has 1 atom stereocenters. The Morgan fingerprint density at radius 1 is 1.67 bits per heavy atom. The van der Waals surface area contributed by atoms with Gasteiger partial charge in [-0.25, -0.2) is 0 Å². The minimum Gasteiger partial charge on any atom is -0.350 e. The van der Waals surface area contributed by atoms with Crippen LogP contribution in [0.5, 0.6) is 0 Å². The Morgan fingerprint density at radius 3 is 2.93 bits per heavy atom. The zero-order chi connectivity index (χ0) is 11.3. The van der Waals surface area contributed by atoms with E-state index in [1.165, 1.54) is 0 Å². The molecule has 3 nitrogen and oxygen atoms in total. The summed E-state index contributed by atoms with van der Waals surface area (Å²) in [6.45, 7) is 2.58. The summed E-state index contributed by atoms with van der Waals surface area (Å²) >= 11 is 4.99. The van der Waals surface area contributed by atoms with Gasteiger partial charge in [0.1, 0.15) is 0 Å². The van der Waals surface area contributed by atoms with Crippen LogP contribution in [-0.2, 0) is 11.3 Å². The Hall–Kier alpha value is -0.390. The Kier molecular flexibility index (Phi) is 5.28. The first-order chi connectivity index (χ1) is 7.13. The van der Waals surface area contributed by atoms with Crippen LogP contribution in [0.2, 0.25) is 0 Å². The van der Waals surface area contributed by atoms with Gasteiger partial charge in [0.05, 0.1) is 16.4 Å². The van der Waals surface area contributed by atoms with Crippen LogP contribution in [0, 0.1) is 0 Å². The van der Waals surface area contributed by atoms with E-state index in [0.717, 1.165) is 21.5 Å². The van der Waals surface area contributed by atoms with Gasteiger partial charge in [0.15, 0.2) is 0 Å². The molecule has 1 aromatic heterocycles. The molecule has 1 unspecified atom stereocenters. The first-order valence-electron chi connectivity index (χ1n) is 4.91. The molecular weight excluding hydrogens is 276 g/mol. The van der Waals surface area contributed by atoms with Crippen molar-refractivity contribution in [2.45, 2.75) is 32.4 Å². The van der Waals surface area contributed by atoms with Crippen LogP contribution in [-0.4, -0.2) is 11.9 Å². The molecule has 84 valence electrons. The quantitative estimate of drug-likeness (QED) is 0.874. The largest absolute Gasteiger partial charge is 0.350 e. The molecule has 0 fully saturated rings. The minimum atomic E-state index is -0.376. The van der Waals surface area contributed by atoms with Crippen LogP contribution in [0.3, 0.4) is 0 Å². The zero-order valence-electron chi connectivity index (χ0n) is 8.63. The van der Waals surface area contributed by atoms with E-state index in [0.29, 0.717) is 6.54 Å². The zero-order valence-corrected chi connectivity index (χ0v) is 11.0. The third-order valence-electron chi connectivity index (χ3n) is 2.00. The topological polar surface area (TPSA) is 55.1 Å². The average Bonchev–Trinajstić information content (AvgIpc) is 2.61. The molecule has 15 heavy (non-hydrogen) atoms. The Bertz CT molecular complexity index is 327. The number of halogens is 1. The second-order valence-corrected chi connectivity index (χ2v) is 5.87. The Labute approximate surface area is 102 Å². The molecule has 1 rings (SSSR count). The van der Waals surface area contributed by atoms with Crippen molar-refractivity contribution in [1.29, 1.82) is 0 Å². The number of nitrogens with one attached hydrogen (secondary N) is 1. The number of thiophene rings is 1. The van der Waals surface area contributed by atoms with Crippen molar-refractivity contribution in [3.63, 3.8) is 0 Å². The predicted molar refractivity (Wildman–Crippen MR) is 66.7 cm³/mol. The lowest BCUT2D eigenvalue weighted by atomic mass is 10.2. The van der Waals surface area contributed by atoms with Gasteiger partial charge in [0.25, 0.3) is 0 Å². The van der Waals surface area contributed by atoms with Gasteiger partial charge in [-0.3, -0.25) is 4.79 Å². The molecule has 0 aliphatic rings. The highest BCUT2D eigenvalue weighted by atomic mass is 79.9. The SMILES string of the molecule is CCCC(N)C(=O)NCc1ccc(Br)s1. The highest BCUT2D eigenvalue weighted by molar-refractivity contribution is 9.11. The summed E-state index contributed by atoms with van der Waals surface area (Å²) in [5, 5.41) is 2.82. The monoisotopic (exact) mass is 290 g/mol. The molecule has 3 N–H and O–H groups in total. The summed E-state index contributed by atoms with van der Waals surface area (Å²) in [6.07, 6.45) is 1.67. The van der Waals surface area contributed by atoms with Crippen LogP contribution in [0.15, 0.2) is 15.9 Å². The second kappa shape index (κ2) is 6.25. The third kappa shape index (κ3) is 4.32. The maximum Gasteiger partial charge on any atom is 0.237 e. The maximum atomic E-state index is 11.5. The fourth-order valence-corrected chi connectivity index (χ4v) is 2.62. The number of amides is 1. The fourth-order valence-electron chi connectivity index (χ4n) is 1.19. The molecule has 0 saturated heterocycles. The normalized spacial score (nSPS) is 12.5. The van der Waals surface area contributed by atoms with Crippen LogP contribution in [0.25, 0.3) is 0 Å². The molecule has 5 heteroatoms. The standard InChI is InChI=1S/C10H15BrN2OS/c1-2-3-8(12)10(14)13-6-7-4-5-9(11)15-7/h4-5,8H,2-3,6,12H2,1H3,(H,13,14). The second-order valence-electron chi connectivity index (χ2n) is 3.32. The predicted octanol–water partition coefficient (Wildman–Crippen LogP) is 2.25. The van der Waals surface area contributed by atoms with E-state index in [2.05, 4.69) is 21.2 Å². The van der Waals surface area contributed by atoms with Gasteiger partial charge in [-0.15, -0.1) is 11.3 Å². The van der Waals surface area contributed by atoms with E-state index in [9.17, 15) is 4.79 Å². The number of hydrogen-bond donors (Lipinski definition) is 2. The fraction of sp³-hybridized carbons (Fsp3) is 0.500. The highest BCUT2D eigenvalue weighted by Gasteiger charge is 2.11. The van der Waals surface area contributed by atoms with Gasteiger partial charge < -0.3 is 11.1 Å². The van der Waals surface area contributed by atoms with E-state index in [4.69, 9.17) is 5.73 Å². The van der Waals surface area contributed by atoms with Gasteiger partial charge in [-0.2, -0.15) is 0 Å². The molecule has 0 aliphatic carbocycles. The van der Waals surface area contributed by atoms with Crippen molar-refractivity contribution in [2.75, 3.05) is 0 Å². The van der Waals surface area contributed by atoms with Crippen LogP contribution in [0.1, 0.15) is 24.6 Å². The summed E-state index contributed by atoms with van der Waals surface area (Å²) in [5.74, 6) is -0.0682. The third-order valence-corrected chi connectivity index (χ3v) is 3.63. The van der Waals surface area contributed by atoms with Crippen LogP contribution in [0.4, 0.5) is 0 Å². The van der Waals surface area contributed by atoms with Crippen LogP contribution >= 0.6 is 27.3 Å². The van der Waals surface area contributed by atoms with Gasteiger partial charge in [-0.05, 0) is 34.5 Å². The van der Waals surface area contributed by atoms with Gasteiger partial charge >= 0.3 is 0 Å². The number of carbonyl (C=O) groups is 1. The van der Waals surface area contributed by atoms with Crippen LogP contribution < -0.4 is 11.1 Å². The van der Waals surface area contributed by atoms with E-state index in [1.807, 2.05) is 19.1 Å². The molecule has 0 aromatic carbocycles.